The Labute approximate surface area is 148 Å². The van der Waals surface area contributed by atoms with Crippen LogP contribution >= 0.6 is 0 Å². The Bertz CT molecular complexity index is 587. The van der Waals surface area contributed by atoms with Crippen molar-refractivity contribution in [1.82, 2.24) is 5.32 Å². The Hall–Kier alpha value is -2.41. The van der Waals surface area contributed by atoms with Gasteiger partial charge in [0.1, 0.15) is 6.54 Å². The van der Waals surface area contributed by atoms with E-state index >= 15 is 0 Å². The molecule has 0 aliphatic heterocycles. The number of hydrogen-bond donors (Lipinski definition) is 3. The minimum absolute atomic E-state index is 0.0939. The molecule has 0 aliphatic carbocycles. The minimum atomic E-state index is -0.563. The van der Waals surface area contributed by atoms with Crippen molar-refractivity contribution in [3.8, 4) is 0 Å². The van der Waals surface area contributed by atoms with E-state index in [9.17, 15) is 14.4 Å². The van der Waals surface area contributed by atoms with Crippen LogP contribution in [-0.4, -0.2) is 38.0 Å². The number of rotatable bonds is 9. The third-order valence-electron chi connectivity index (χ3n) is 4.46. The Morgan fingerprint density at radius 2 is 1.72 bits per heavy atom. The van der Waals surface area contributed by atoms with Crippen molar-refractivity contribution in [3.63, 3.8) is 0 Å². The number of anilines is 1. The average Bonchev–Trinajstić information content (AvgIpc) is 2.63. The maximum Gasteiger partial charge on any atom is 0.325 e. The molecule has 25 heavy (non-hydrogen) atoms. The lowest BCUT2D eigenvalue weighted by atomic mass is 9.81. The number of nitrogens with two attached hydrogens (primary N) is 1. The number of nitrogens with one attached hydrogen (secondary N) is 2. The highest BCUT2D eigenvalue weighted by Crippen LogP contribution is 2.27. The fraction of sp³-hybridized carbons (Fsp3) is 0.500. The van der Waals surface area contributed by atoms with E-state index in [0.717, 1.165) is 5.56 Å². The van der Waals surface area contributed by atoms with Gasteiger partial charge in [0.15, 0.2) is 0 Å². The SMILES string of the molecule is CCC(CC)(CN)C(=O)Nc1ccc(CC(=O)NCC(=O)OC)cc1. The maximum atomic E-state index is 12.5. The van der Waals surface area contributed by atoms with Gasteiger partial charge >= 0.3 is 5.97 Å². The molecule has 0 heterocycles. The van der Waals surface area contributed by atoms with Gasteiger partial charge in [-0.15, -0.1) is 0 Å². The largest absolute Gasteiger partial charge is 0.468 e. The number of carbonyl (C=O) groups is 3. The van der Waals surface area contributed by atoms with Gasteiger partial charge in [0.05, 0.1) is 18.9 Å². The molecule has 1 rings (SSSR count). The lowest BCUT2D eigenvalue weighted by Crippen LogP contribution is -2.41. The first-order valence-corrected chi connectivity index (χ1v) is 8.34. The molecule has 7 nitrogen and oxygen atoms in total. The fourth-order valence-electron chi connectivity index (χ4n) is 2.41. The first-order chi connectivity index (χ1) is 11.9. The number of benzene rings is 1. The molecule has 1 aromatic carbocycles. The van der Waals surface area contributed by atoms with E-state index in [4.69, 9.17) is 5.73 Å². The van der Waals surface area contributed by atoms with Gasteiger partial charge in [0.2, 0.25) is 11.8 Å². The van der Waals surface area contributed by atoms with E-state index in [1.54, 1.807) is 24.3 Å². The second-order valence-corrected chi connectivity index (χ2v) is 5.87. The minimum Gasteiger partial charge on any atom is -0.468 e. The molecular weight excluding hydrogens is 322 g/mol. The summed E-state index contributed by atoms with van der Waals surface area (Å²) < 4.78 is 4.46. The van der Waals surface area contributed by atoms with Crippen molar-refractivity contribution >= 4 is 23.5 Å². The van der Waals surface area contributed by atoms with Crippen LogP contribution in [0.5, 0.6) is 0 Å². The zero-order valence-corrected chi connectivity index (χ0v) is 15.1. The van der Waals surface area contributed by atoms with Crippen LogP contribution in [-0.2, 0) is 25.5 Å². The second-order valence-electron chi connectivity index (χ2n) is 5.87. The van der Waals surface area contributed by atoms with Crippen LogP contribution in [0.25, 0.3) is 0 Å². The second kappa shape index (κ2) is 9.78. The van der Waals surface area contributed by atoms with Gasteiger partial charge in [-0.3, -0.25) is 14.4 Å². The Balaban J connectivity index is 2.63. The Morgan fingerprint density at radius 1 is 1.12 bits per heavy atom. The van der Waals surface area contributed by atoms with Gasteiger partial charge in [0.25, 0.3) is 0 Å². The number of hydrogen-bond acceptors (Lipinski definition) is 5. The van der Waals surface area contributed by atoms with E-state index < -0.39 is 11.4 Å². The summed E-state index contributed by atoms with van der Waals surface area (Å²) >= 11 is 0. The monoisotopic (exact) mass is 349 g/mol. The summed E-state index contributed by atoms with van der Waals surface area (Å²) in [6.07, 6.45) is 1.48. The molecule has 0 aliphatic rings. The number of esters is 1. The van der Waals surface area contributed by atoms with Gasteiger partial charge in [0, 0.05) is 12.2 Å². The van der Waals surface area contributed by atoms with Crippen molar-refractivity contribution in [1.29, 1.82) is 0 Å². The first kappa shape index (κ1) is 20.6. The standard InChI is InChI=1S/C18H27N3O4/c1-4-18(5-2,12-19)17(24)21-14-8-6-13(7-9-14)10-15(22)20-11-16(23)25-3/h6-9H,4-5,10-12,19H2,1-3H3,(H,20,22)(H,21,24). The van der Waals surface area contributed by atoms with Crippen molar-refractivity contribution < 1.29 is 19.1 Å². The highest BCUT2D eigenvalue weighted by atomic mass is 16.5. The summed E-state index contributed by atoms with van der Waals surface area (Å²) in [4.78, 5) is 35.2. The smallest absolute Gasteiger partial charge is 0.325 e. The van der Waals surface area contributed by atoms with Crippen molar-refractivity contribution in [3.05, 3.63) is 29.8 Å². The van der Waals surface area contributed by atoms with Gasteiger partial charge in [-0.2, -0.15) is 0 Å². The molecule has 138 valence electrons. The van der Waals surface area contributed by atoms with E-state index in [1.165, 1.54) is 7.11 Å². The zero-order valence-electron chi connectivity index (χ0n) is 15.1. The van der Waals surface area contributed by atoms with E-state index in [-0.39, 0.29) is 24.8 Å². The summed E-state index contributed by atoms with van der Waals surface area (Å²) in [5.74, 6) is -0.869. The molecule has 0 bridgehead atoms. The molecule has 0 aromatic heterocycles. The lowest BCUT2D eigenvalue weighted by molar-refractivity contribution is -0.141. The van der Waals surface area contributed by atoms with Crippen molar-refractivity contribution in [2.24, 2.45) is 11.1 Å². The Kier molecular flexibility index (Phi) is 8.07. The van der Waals surface area contributed by atoms with Gasteiger partial charge in [-0.05, 0) is 30.5 Å². The van der Waals surface area contributed by atoms with E-state index in [0.29, 0.717) is 25.1 Å². The van der Waals surface area contributed by atoms with Crippen molar-refractivity contribution in [2.75, 3.05) is 25.5 Å². The molecule has 1 aromatic rings. The summed E-state index contributed by atoms with van der Waals surface area (Å²) in [6.45, 7) is 4.04. The van der Waals surface area contributed by atoms with Crippen LogP contribution in [0.1, 0.15) is 32.3 Å². The van der Waals surface area contributed by atoms with Crippen LogP contribution in [0, 0.1) is 5.41 Å². The number of carbonyl (C=O) groups excluding carboxylic acids is 3. The molecule has 0 fully saturated rings. The molecule has 0 spiro atoms. The van der Waals surface area contributed by atoms with Crippen LogP contribution in [0.2, 0.25) is 0 Å². The topological polar surface area (TPSA) is 111 Å². The molecule has 0 radical (unpaired) electrons. The number of amides is 2. The van der Waals surface area contributed by atoms with Crippen molar-refractivity contribution in [2.45, 2.75) is 33.1 Å². The van der Waals surface area contributed by atoms with Gasteiger partial charge in [-0.25, -0.2) is 0 Å². The molecule has 7 heteroatoms. The summed E-state index contributed by atoms with van der Waals surface area (Å²) in [5, 5.41) is 5.36. The molecule has 0 unspecified atom stereocenters. The van der Waals surface area contributed by atoms with Crippen LogP contribution in [0.15, 0.2) is 24.3 Å². The first-order valence-electron chi connectivity index (χ1n) is 8.34. The highest BCUT2D eigenvalue weighted by molar-refractivity contribution is 5.95. The lowest BCUT2D eigenvalue weighted by Gasteiger charge is -2.28. The maximum absolute atomic E-state index is 12.5. The quantitative estimate of drug-likeness (QED) is 0.581. The summed E-state index contributed by atoms with van der Waals surface area (Å²) in [7, 11) is 1.26. The van der Waals surface area contributed by atoms with E-state index in [2.05, 4.69) is 15.4 Å². The fourth-order valence-corrected chi connectivity index (χ4v) is 2.41. The molecule has 4 N–H and O–H groups in total. The van der Waals surface area contributed by atoms with Gasteiger partial charge in [-0.1, -0.05) is 26.0 Å². The molecule has 0 saturated carbocycles. The number of ether oxygens (including phenoxy) is 1. The summed E-state index contributed by atoms with van der Waals surface area (Å²) in [5.41, 5.74) is 6.65. The third kappa shape index (κ3) is 5.86. The van der Waals surface area contributed by atoms with Gasteiger partial charge < -0.3 is 21.1 Å². The summed E-state index contributed by atoms with van der Waals surface area (Å²) in [6, 6.07) is 7.01. The normalized spacial score (nSPS) is 10.9. The Morgan fingerprint density at radius 3 is 2.20 bits per heavy atom. The highest BCUT2D eigenvalue weighted by Gasteiger charge is 2.33. The average molecular weight is 349 g/mol. The van der Waals surface area contributed by atoms with Crippen LogP contribution < -0.4 is 16.4 Å². The molecule has 2 amide bonds. The third-order valence-corrected chi connectivity index (χ3v) is 4.46. The zero-order chi connectivity index (χ0) is 18.9. The van der Waals surface area contributed by atoms with Crippen LogP contribution in [0.3, 0.4) is 0 Å². The predicted molar refractivity (Wildman–Crippen MR) is 95.9 cm³/mol. The predicted octanol–water partition coefficient (Wildman–Crippen LogP) is 1.22. The molecular formula is C18H27N3O4. The molecule has 0 atom stereocenters. The van der Waals surface area contributed by atoms with E-state index in [1.807, 2.05) is 13.8 Å². The molecule has 0 saturated heterocycles. The van der Waals surface area contributed by atoms with Crippen LogP contribution in [0.4, 0.5) is 5.69 Å². The number of methoxy groups -OCH3 is 1.